The number of carbonyl (C=O) groups is 1. The van der Waals surface area contributed by atoms with Crippen LogP contribution in [0.4, 0.5) is 10.5 Å². The molecule has 2 aromatic heterocycles. The van der Waals surface area contributed by atoms with Gasteiger partial charge in [-0.3, -0.25) is 0 Å². The lowest BCUT2D eigenvalue weighted by Gasteiger charge is -2.06. The maximum Gasteiger partial charge on any atom is 0.319 e. The Morgan fingerprint density at radius 2 is 2.43 bits per heavy atom. The maximum absolute atomic E-state index is 11.8. The zero-order valence-electron chi connectivity index (χ0n) is 11.6. The van der Waals surface area contributed by atoms with E-state index < -0.39 is 0 Å². The summed E-state index contributed by atoms with van der Waals surface area (Å²) in [6.07, 6.45) is 2.24. The third kappa shape index (κ3) is 3.40. The van der Waals surface area contributed by atoms with Crippen molar-refractivity contribution in [3.05, 3.63) is 17.3 Å². The van der Waals surface area contributed by atoms with Crippen molar-refractivity contribution in [1.29, 1.82) is 0 Å². The molecule has 1 fully saturated rings. The second kappa shape index (κ2) is 6.23. The average Bonchev–Trinajstić information content (AvgIpc) is 3.03. The Morgan fingerprint density at radius 1 is 1.57 bits per heavy atom. The van der Waals surface area contributed by atoms with Gasteiger partial charge in [0.15, 0.2) is 5.82 Å². The van der Waals surface area contributed by atoms with Gasteiger partial charge in [-0.15, -0.1) is 11.3 Å². The fourth-order valence-electron chi connectivity index (χ4n) is 1.84. The van der Waals surface area contributed by atoms with E-state index in [1.165, 1.54) is 11.3 Å². The Bertz CT molecular complexity index is 620. The molecule has 2 aromatic rings. The molecule has 0 aliphatic heterocycles. The molecule has 0 aromatic carbocycles. The summed E-state index contributed by atoms with van der Waals surface area (Å²) in [6, 6.07) is 1.53. The van der Waals surface area contributed by atoms with Crippen LogP contribution in [0.1, 0.15) is 24.6 Å². The van der Waals surface area contributed by atoms with Crippen molar-refractivity contribution in [2.24, 2.45) is 0 Å². The lowest BCUT2D eigenvalue weighted by atomic mass is 10.3. The number of carbonyl (C=O) groups excluding carboxylic acids is 1. The van der Waals surface area contributed by atoms with Crippen molar-refractivity contribution in [1.82, 2.24) is 15.5 Å². The first-order valence-corrected chi connectivity index (χ1v) is 7.61. The number of rotatable bonds is 6. The van der Waals surface area contributed by atoms with Crippen LogP contribution in [0.15, 0.2) is 16.0 Å². The highest BCUT2D eigenvalue weighted by Gasteiger charge is 2.29. The van der Waals surface area contributed by atoms with Gasteiger partial charge >= 0.3 is 6.03 Å². The van der Waals surface area contributed by atoms with E-state index in [1.807, 2.05) is 11.4 Å². The topological polar surface area (TPSA) is 89.3 Å². The molecule has 1 aliphatic carbocycles. The molecule has 0 unspecified atom stereocenters. The van der Waals surface area contributed by atoms with E-state index >= 15 is 0 Å². The zero-order chi connectivity index (χ0) is 14.7. The molecule has 0 radical (unpaired) electrons. The van der Waals surface area contributed by atoms with Crippen molar-refractivity contribution >= 4 is 23.1 Å². The summed E-state index contributed by atoms with van der Waals surface area (Å²) in [4.78, 5) is 16.9. The molecule has 2 N–H and O–H groups in total. The minimum absolute atomic E-state index is 0.284. The van der Waals surface area contributed by atoms with E-state index in [0.29, 0.717) is 30.6 Å². The Balaban J connectivity index is 1.66. The van der Waals surface area contributed by atoms with E-state index in [1.54, 1.807) is 7.11 Å². The van der Waals surface area contributed by atoms with E-state index in [2.05, 4.69) is 20.8 Å². The second-order valence-corrected chi connectivity index (χ2v) is 5.69. The third-order valence-corrected chi connectivity index (χ3v) is 3.99. The number of nitrogens with zero attached hydrogens (tertiary/aromatic N) is 2. The van der Waals surface area contributed by atoms with Crippen LogP contribution < -0.4 is 10.6 Å². The Hall–Kier alpha value is -1.93. The summed E-state index contributed by atoms with van der Waals surface area (Å²) in [6.45, 7) is 0.923. The van der Waals surface area contributed by atoms with Gasteiger partial charge in [-0.25, -0.2) is 4.79 Å². The van der Waals surface area contributed by atoms with Gasteiger partial charge in [0.1, 0.15) is 4.88 Å². The van der Waals surface area contributed by atoms with Gasteiger partial charge in [0, 0.05) is 19.6 Å². The minimum Gasteiger partial charge on any atom is -0.383 e. The quantitative estimate of drug-likeness (QED) is 0.800. The molecular formula is C13H16N4O3S. The summed E-state index contributed by atoms with van der Waals surface area (Å²) in [5.41, 5.74) is 0.668. The molecule has 1 aliphatic rings. The first-order chi connectivity index (χ1) is 10.3. The highest BCUT2D eigenvalue weighted by molar-refractivity contribution is 7.14. The van der Waals surface area contributed by atoms with Crippen LogP contribution in [0.25, 0.3) is 10.8 Å². The number of hydrogen-bond donors (Lipinski definition) is 2. The van der Waals surface area contributed by atoms with Crippen LogP contribution in [-0.2, 0) is 4.74 Å². The number of hydrogen-bond acceptors (Lipinski definition) is 6. The van der Waals surface area contributed by atoms with Crippen LogP contribution in [0.5, 0.6) is 0 Å². The highest BCUT2D eigenvalue weighted by atomic mass is 32.1. The third-order valence-electron chi connectivity index (χ3n) is 3.08. The van der Waals surface area contributed by atoms with Crippen LogP contribution in [-0.4, -0.2) is 36.4 Å². The van der Waals surface area contributed by atoms with Gasteiger partial charge in [-0.05, 0) is 24.3 Å². The lowest BCUT2D eigenvalue weighted by Crippen LogP contribution is -2.31. The number of methoxy groups -OCH3 is 1. The first-order valence-electron chi connectivity index (χ1n) is 6.73. The summed E-state index contributed by atoms with van der Waals surface area (Å²) < 4.78 is 10.2. The molecule has 2 heterocycles. The van der Waals surface area contributed by atoms with E-state index in [0.717, 1.165) is 23.5 Å². The van der Waals surface area contributed by atoms with Crippen LogP contribution in [0.2, 0.25) is 0 Å². The summed E-state index contributed by atoms with van der Waals surface area (Å²) in [7, 11) is 1.59. The molecule has 1 saturated carbocycles. The monoisotopic (exact) mass is 308 g/mol. The average molecular weight is 308 g/mol. The van der Waals surface area contributed by atoms with E-state index in [9.17, 15) is 4.79 Å². The predicted molar refractivity (Wildman–Crippen MR) is 78.5 cm³/mol. The molecule has 2 amide bonds. The highest BCUT2D eigenvalue weighted by Crippen LogP contribution is 2.40. The van der Waals surface area contributed by atoms with Gasteiger partial charge in [0.05, 0.1) is 12.3 Å². The molecule has 3 rings (SSSR count). The van der Waals surface area contributed by atoms with Crippen molar-refractivity contribution in [2.45, 2.75) is 18.8 Å². The van der Waals surface area contributed by atoms with Gasteiger partial charge in [-0.1, -0.05) is 5.16 Å². The predicted octanol–water partition coefficient (Wildman–Crippen LogP) is 2.44. The second-order valence-electron chi connectivity index (χ2n) is 4.77. The number of thiophene rings is 1. The number of anilines is 1. The standard InChI is InChI=1S/C13H16N4O3S/c1-19-6-5-14-13(18)15-9-4-7-21-10(9)12-16-11(17-20-12)8-2-3-8/h4,7-8H,2-3,5-6H2,1H3,(H2,14,15,18). The SMILES string of the molecule is COCCNC(=O)Nc1ccsc1-c1nc(C2CC2)no1. The van der Waals surface area contributed by atoms with Crippen LogP contribution in [0, 0.1) is 0 Å². The number of nitrogens with one attached hydrogen (secondary N) is 2. The molecule has 112 valence electrons. The maximum atomic E-state index is 11.8. The Morgan fingerprint density at radius 3 is 3.19 bits per heavy atom. The normalized spacial score (nSPS) is 14.1. The molecule has 7 nitrogen and oxygen atoms in total. The van der Waals surface area contributed by atoms with Crippen molar-refractivity contribution in [2.75, 3.05) is 25.6 Å². The first kappa shape index (κ1) is 14.0. The molecular weight excluding hydrogens is 292 g/mol. The largest absolute Gasteiger partial charge is 0.383 e. The smallest absolute Gasteiger partial charge is 0.319 e. The summed E-state index contributed by atoms with van der Waals surface area (Å²) >= 11 is 1.45. The Labute approximate surface area is 125 Å². The van der Waals surface area contributed by atoms with E-state index in [-0.39, 0.29) is 6.03 Å². The van der Waals surface area contributed by atoms with Crippen molar-refractivity contribution in [3.63, 3.8) is 0 Å². The lowest BCUT2D eigenvalue weighted by molar-refractivity contribution is 0.198. The molecule has 8 heteroatoms. The summed E-state index contributed by atoms with van der Waals surface area (Å²) in [5, 5.41) is 11.3. The minimum atomic E-state index is -0.284. The number of aromatic nitrogens is 2. The van der Waals surface area contributed by atoms with Crippen molar-refractivity contribution in [3.8, 4) is 10.8 Å². The van der Waals surface area contributed by atoms with Gasteiger partial charge in [0.2, 0.25) is 0 Å². The molecule has 0 spiro atoms. The molecule has 21 heavy (non-hydrogen) atoms. The van der Waals surface area contributed by atoms with Crippen LogP contribution >= 0.6 is 11.3 Å². The molecule has 0 saturated heterocycles. The number of ether oxygens (including phenoxy) is 1. The van der Waals surface area contributed by atoms with Crippen molar-refractivity contribution < 1.29 is 14.1 Å². The fourth-order valence-corrected chi connectivity index (χ4v) is 2.61. The summed E-state index contributed by atoms with van der Waals surface area (Å²) in [5.74, 6) is 1.66. The van der Waals surface area contributed by atoms with Gasteiger partial charge in [-0.2, -0.15) is 4.98 Å². The number of amides is 2. The van der Waals surface area contributed by atoms with Gasteiger partial charge < -0.3 is 19.9 Å². The molecule has 0 atom stereocenters. The van der Waals surface area contributed by atoms with Crippen LogP contribution in [0.3, 0.4) is 0 Å². The zero-order valence-corrected chi connectivity index (χ0v) is 12.4. The number of urea groups is 1. The fraction of sp³-hybridized carbons (Fsp3) is 0.462. The van der Waals surface area contributed by atoms with E-state index in [4.69, 9.17) is 9.26 Å². The Kier molecular flexibility index (Phi) is 4.16. The van der Waals surface area contributed by atoms with Gasteiger partial charge in [0.25, 0.3) is 5.89 Å². The molecule has 0 bridgehead atoms.